The van der Waals surface area contributed by atoms with Crippen molar-refractivity contribution in [2.75, 3.05) is 6.61 Å². The van der Waals surface area contributed by atoms with E-state index in [4.69, 9.17) is 31.0 Å². The molecule has 1 fully saturated rings. The van der Waals surface area contributed by atoms with Gasteiger partial charge in [0.15, 0.2) is 39.5 Å². The van der Waals surface area contributed by atoms with Gasteiger partial charge in [0.05, 0.1) is 6.61 Å². The Morgan fingerprint density at radius 3 is 1.68 bits per heavy atom. The quantitative estimate of drug-likeness (QED) is 0.156. The molecule has 1 saturated heterocycles. The molecule has 0 aromatic carbocycles. The summed E-state index contributed by atoms with van der Waals surface area (Å²) in [6.07, 6.45) is -1.14. The van der Waals surface area contributed by atoms with E-state index < -0.39 is 79.6 Å². The Balaban J connectivity index is 2.52. The Morgan fingerprint density at radius 1 is 0.780 bits per heavy atom. The molecule has 41 heavy (non-hydrogen) atoms. The molecular formula is C24H53N2O9PSi5. The van der Waals surface area contributed by atoms with Crippen molar-refractivity contribution in [1.82, 2.24) is 9.55 Å². The van der Waals surface area contributed by atoms with Crippen LogP contribution in [0.2, 0.25) is 98.2 Å². The fraction of sp³-hybridized carbons (Fsp3) is 0.833. The van der Waals surface area contributed by atoms with Crippen molar-refractivity contribution < 1.29 is 35.5 Å². The van der Waals surface area contributed by atoms with Gasteiger partial charge in [-0.1, -0.05) is 0 Å². The maximum atomic E-state index is 13.9. The van der Waals surface area contributed by atoms with Crippen LogP contribution in [-0.4, -0.2) is 76.1 Å². The first-order valence-electron chi connectivity index (χ1n) is 14.1. The van der Waals surface area contributed by atoms with Gasteiger partial charge < -0.3 is 26.4 Å². The van der Waals surface area contributed by atoms with E-state index in [-0.39, 0.29) is 12.5 Å². The second-order valence-corrected chi connectivity index (χ2v) is 39.7. The van der Waals surface area contributed by atoms with E-state index in [0.29, 0.717) is 0 Å². The summed E-state index contributed by atoms with van der Waals surface area (Å²) in [4.78, 5) is 17.5. The van der Waals surface area contributed by atoms with Gasteiger partial charge in [-0.2, -0.15) is 4.98 Å². The average Bonchev–Trinajstić information content (AvgIpc) is 2.96. The molecule has 1 aromatic heterocycles. The maximum Gasteiger partial charge on any atom is 0.455 e. The monoisotopic (exact) mass is 684 g/mol. The van der Waals surface area contributed by atoms with Gasteiger partial charge in [0.25, 0.3) is 0 Å². The van der Waals surface area contributed by atoms with Crippen LogP contribution in [0.25, 0.3) is 0 Å². The second kappa shape index (κ2) is 13.0. The highest BCUT2D eigenvalue weighted by Gasteiger charge is 2.51. The molecule has 0 unspecified atom stereocenters. The Labute approximate surface area is 251 Å². The number of aromatic nitrogens is 2. The van der Waals surface area contributed by atoms with Crippen LogP contribution in [0.4, 0.5) is 0 Å². The highest BCUT2D eigenvalue weighted by Crippen LogP contribution is 2.54. The first-order chi connectivity index (χ1) is 18.2. The lowest BCUT2D eigenvalue weighted by molar-refractivity contribution is -0.0512. The van der Waals surface area contributed by atoms with Gasteiger partial charge in [-0.15, -0.1) is 0 Å². The van der Waals surface area contributed by atoms with Crippen molar-refractivity contribution in [1.29, 1.82) is 0 Å². The van der Waals surface area contributed by atoms with Crippen LogP contribution in [0.5, 0.6) is 5.88 Å². The minimum absolute atomic E-state index is 0.123. The van der Waals surface area contributed by atoms with Crippen LogP contribution >= 0.6 is 7.82 Å². The second-order valence-electron chi connectivity index (χ2n) is 15.3. The van der Waals surface area contributed by atoms with Gasteiger partial charge in [-0.25, -0.2) is 9.36 Å². The number of nitrogens with zero attached hydrogens (tertiary/aromatic N) is 2. The summed E-state index contributed by atoms with van der Waals surface area (Å²) in [7, 11) is -14.8. The largest absolute Gasteiger partial charge is 0.531 e. The van der Waals surface area contributed by atoms with Crippen molar-refractivity contribution in [3.8, 4) is 5.88 Å². The van der Waals surface area contributed by atoms with Gasteiger partial charge >= 0.3 is 13.5 Å². The van der Waals surface area contributed by atoms with E-state index in [9.17, 15) is 9.36 Å². The van der Waals surface area contributed by atoms with Crippen molar-refractivity contribution >= 4 is 49.4 Å². The van der Waals surface area contributed by atoms with Gasteiger partial charge in [0, 0.05) is 12.3 Å². The van der Waals surface area contributed by atoms with Crippen molar-refractivity contribution in [3.05, 3.63) is 22.7 Å². The first kappa shape index (κ1) is 36.9. The predicted molar refractivity (Wildman–Crippen MR) is 175 cm³/mol. The number of ether oxygens (including phenoxy) is 1. The zero-order valence-electron chi connectivity index (χ0n) is 27.7. The molecule has 2 heterocycles. The molecule has 1 aliphatic heterocycles. The van der Waals surface area contributed by atoms with Crippen molar-refractivity contribution in [2.45, 2.75) is 123 Å². The van der Waals surface area contributed by atoms with E-state index in [0.717, 1.165) is 0 Å². The van der Waals surface area contributed by atoms with Crippen LogP contribution in [-0.2, 0) is 31.1 Å². The summed E-state index contributed by atoms with van der Waals surface area (Å²) in [5.74, 6) is 0.286. The van der Waals surface area contributed by atoms with Crippen LogP contribution in [0, 0.1) is 0 Å². The van der Waals surface area contributed by atoms with E-state index in [2.05, 4.69) is 44.3 Å². The lowest BCUT2D eigenvalue weighted by Crippen LogP contribution is -2.48. The fourth-order valence-corrected chi connectivity index (χ4v) is 13.5. The van der Waals surface area contributed by atoms with E-state index in [1.807, 2.05) is 58.9 Å². The summed E-state index contributed by atoms with van der Waals surface area (Å²) in [5.41, 5.74) is -0.516. The maximum absolute atomic E-state index is 13.9. The Hall–Kier alpha value is -0.246. The number of hydrogen-bond acceptors (Lipinski definition) is 10. The standard InChI is InChI=1S/C24H53N2O9PSi5/c1-37(2,3)31-20-16-17-26(24(27)25-20)23-22(33-39(7,8)9)21(32-38(4,5)6)19(30-23)18-29-36(28,34-40(10,11)12)35-41(13,14)15/h16-17,19,21-23H,18H2,1-15H3/t19-,21-,22-,23-/m1/s1. The fourth-order valence-electron chi connectivity index (χ4n) is 4.02. The molecule has 11 nitrogen and oxygen atoms in total. The van der Waals surface area contributed by atoms with Gasteiger partial charge in [0.1, 0.15) is 18.3 Å². The van der Waals surface area contributed by atoms with E-state index in [1.54, 1.807) is 12.3 Å². The van der Waals surface area contributed by atoms with Crippen LogP contribution < -0.4 is 10.1 Å². The van der Waals surface area contributed by atoms with Crippen molar-refractivity contribution in [2.24, 2.45) is 0 Å². The summed E-state index contributed by atoms with van der Waals surface area (Å²) in [6.45, 7) is 30.0. The highest BCUT2D eigenvalue weighted by molar-refractivity contribution is 7.52. The zero-order valence-corrected chi connectivity index (χ0v) is 33.6. The molecule has 4 atom stereocenters. The lowest BCUT2D eigenvalue weighted by atomic mass is 10.1. The molecular weight excluding hydrogens is 632 g/mol. The Kier molecular flexibility index (Phi) is 11.7. The molecule has 1 aromatic rings. The van der Waals surface area contributed by atoms with Gasteiger partial charge in [-0.3, -0.25) is 9.09 Å². The van der Waals surface area contributed by atoms with Crippen LogP contribution in [0.3, 0.4) is 0 Å². The molecule has 0 amide bonds. The Morgan fingerprint density at radius 2 is 1.27 bits per heavy atom. The predicted octanol–water partition coefficient (Wildman–Crippen LogP) is 6.62. The Bertz CT molecular complexity index is 1120. The number of rotatable bonds is 14. The summed E-state index contributed by atoms with van der Waals surface area (Å²) in [5, 5.41) is 0. The molecule has 0 bridgehead atoms. The van der Waals surface area contributed by atoms with Gasteiger partial charge in [-0.05, 0) is 98.2 Å². The normalized spacial score (nSPS) is 23.2. The smallest absolute Gasteiger partial charge is 0.455 e. The number of phosphoric acid groups is 1. The molecule has 238 valence electrons. The van der Waals surface area contributed by atoms with Crippen LogP contribution in [0.15, 0.2) is 17.1 Å². The van der Waals surface area contributed by atoms with Crippen molar-refractivity contribution in [3.63, 3.8) is 0 Å². The van der Waals surface area contributed by atoms with Gasteiger partial charge in [0.2, 0.25) is 14.2 Å². The third-order valence-corrected chi connectivity index (χ3v) is 14.3. The minimum Gasteiger partial charge on any atom is -0.531 e. The molecule has 0 aliphatic carbocycles. The highest BCUT2D eigenvalue weighted by atomic mass is 31.2. The zero-order chi connectivity index (χ0) is 31.8. The third kappa shape index (κ3) is 13.1. The molecule has 1 aliphatic rings. The number of hydrogen-bond donors (Lipinski definition) is 0. The first-order valence-corrected chi connectivity index (χ1v) is 32.6. The summed E-state index contributed by atoms with van der Waals surface area (Å²) < 4.78 is 59.0. The third-order valence-electron chi connectivity index (χ3n) is 4.92. The van der Waals surface area contributed by atoms with Crippen LogP contribution in [0.1, 0.15) is 6.23 Å². The molecule has 2 rings (SSSR count). The summed E-state index contributed by atoms with van der Waals surface area (Å²) in [6, 6.07) is 1.67. The van der Waals surface area contributed by atoms with E-state index >= 15 is 0 Å². The molecule has 0 N–H and O–H groups in total. The topological polar surface area (TPSA) is 117 Å². The lowest BCUT2D eigenvalue weighted by Gasteiger charge is -2.35. The van der Waals surface area contributed by atoms with E-state index in [1.165, 1.54) is 4.57 Å². The molecule has 0 spiro atoms. The minimum atomic E-state index is -3.91. The molecule has 0 saturated carbocycles. The summed E-state index contributed by atoms with van der Waals surface area (Å²) >= 11 is 0. The SMILES string of the molecule is C[Si](C)(C)Oc1ccn([C@@H]2O[C@H](COP(=O)(O[Si](C)(C)C)O[Si](C)(C)C)[C@@H](O[Si](C)(C)C)[C@H]2O[Si](C)(C)C)c(=O)n1. The molecule has 17 heteroatoms. The molecule has 0 radical (unpaired) electrons. The average molecular weight is 685 g/mol.